The average molecular weight is 266 g/mol. The third-order valence-corrected chi connectivity index (χ3v) is 3.39. The van der Waals surface area contributed by atoms with E-state index in [9.17, 15) is 9.59 Å². The maximum Gasteiger partial charge on any atom is 0.335 e. The zero-order valence-electron chi connectivity index (χ0n) is 12.0. The first-order valence-corrected chi connectivity index (χ1v) is 6.36. The Hall–Kier alpha value is -1.62. The number of rotatable bonds is 5. The molecular formula is C14H22N2O3. The minimum absolute atomic E-state index is 0.0530. The van der Waals surface area contributed by atoms with Crippen LogP contribution in [0.15, 0.2) is 23.8 Å². The number of amides is 1. The molecule has 19 heavy (non-hydrogen) atoms. The van der Waals surface area contributed by atoms with Crippen molar-refractivity contribution in [3.63, 3.8) is 0 Å². The van der Waals surface area contributed by atoms with Gasteiger partial charge in [0.15, 0.2) is 6.23 Å². The SMILES string of the molecule is C=C/C(=C(/C)C(=O)OC(C)N(C)C)C1CCNC1=O. The molecule has 0 spiro atoms. The summed E-state index contributed by atoms with van der Waals surface area (Å²) in [5.41, 5.74) is 1.11. The molecule has 1 amide bonds. The van der Waals surface area contributed by atoms with Crippen LogP contribution < -0.4 is 5.32 Å². The van der Waals surface area contributed by atoms with E-state index in [4.69, 9.17) is 4.74 Å². The van der Waals surface area contributed by atoms with E-state index < -0.39 is 5.97 Å². The molecule has 1 fully saturated rings. The molecule has 0 saturated carbocycles. The second-order valence-corrected chi connectivity index (χ2v) is 4.88. The normalized spacial score (nSPS) is 21.7. The van der Waals surface area contributed by atoms with Crippen molar-refractivity contribution in [1.29, 1.82) is 0 Å². The molecule has 1 heterocycles. The number of carbonyl (C=O) groups is 2. The van der Waals surface area contributed by atoms with Gasteiger partial charge in [-0.1, -0.05) is 12.7 Å². The number of hydrogen-bond donors (Lipinski definition) is 1. The first-order valence-electron chi connectivity index (χ1n) is 6.36. The van der Waals surface area contributed by atoms with Gasteiger partial charge in [0, 0.05) is 12.1 Å². The van der Waals surface area contributed by atoms with Crippen molar-refractivity contribution in [3.05, 3.63) is 23.8 Å². The molecule has 2 atom stereocenters. The standard InChI is InChI=1S/C14H22N2O3/c1-6-11(12-7-8-15-13(12)17)9(2)14(18)19-10(3)16(4)5/h6,10,12H,1,7-8H2,2-5H3,(H,15,17)/b11-9+. The molecule has 5 nitrogen and oxygen atoms in total. The van der Waals surface area contributed by atoms with Crippen LogP contribution in [-0.4, -0.2) is 43.6 Å². The van der Waals surface area contributed by atoms with Gasteiger partial charge in [0.2, 0.25) is 5.91 Å². The Morgan fingerprint density at radius 2 is 2.21 bits per heavy atom. The summed E-state index contributed by atoms with van der Waals surface area (Å²) in [5, 5.41) is 2.76. The molecule has 0 aliphatic carbocycles. The fourth-order valence-corrected chi connectivity index (χ4v) is 1.91. The van der Waals surface area contributed by atoms with Crippen molar-refractivity contribution >= 4 is 11.9 Å². The number of hydrogen-bond acceptors (Lipinski definition) is 4. The molecule has 0 aromatic carbocycles. The van der Waals surface area contributed by atoms with Crippen molar-refractivity contribution in [3.8, 4) is 0 Å². The highest BCUT2D eigenvalue weighted by Gasteiger charge is 2.29. The van der Waals surface area contributed by atoms with Crippen molar-refractivity contribution in [2.45, 2.75) is 26.5 Å². The molecular weight excluding hydrogens is 244 g/mol. The summed E-state index contributed by atoms with van der Waals surface area (Å²) in [6, 6.07) is 0. The Morgan fingerprint density at radius 1 is 1.58 bits per heavy atom. The van der Waals surface area contributed by atoms with Crippen LogP contribution in [0.3, 0.4) is 0 Å². The van der Waals surface area contributed by atoms with Crippen molar-refractivity contribution < 1.29 is 14.3 Å². The second kappa shape index (κ2) is 6.52. The minimum Gasteiger partial charge on any atom is -0.443 e. The summed E-state index contributed by atoms with van der Waals surface area (Å²) in [6.45, 7) is 7.80. The molecule has 2 unspecified atom stereocenters. The number of nitrogens with one attached hydrogen (secondary N) is 1. The Morgan fingerprint density at radius 3 is 2.63 bits per heavy atom. The monoisotopic (exact) mass is 266 g/mol. The highest BCUT2D eigenvalue weighted by Crippen LogP contribution is 2.24. The van der Waals surface area contributed by atoms with Crippen LogP contribution in [0.1, 0.15) is 20.3 Å². The number of nitrogens with zero attached hydrogens (tertiary/aromatic N) is 1. The van der Waals surface area contributed by atoms with Crippen LogP contribution in [0.5, 0.6) is 0 Å². The molecule has 1 aliphatic heterocycles. The summed E-state index contributed by atoms with van der Waals surface area (Å²) in [6.07, 6.45) is 1.95. The molecule has 0 aromatic heterocycles. The molecule has 0 radical (unpaired) electrons. The van der Waals surface area contributed by atoms with E-state index in [1.807, 2.05) is 14.1 Å². The van der Waals surface area contributed by atoms with Crippen molar-refractivity contribution in [2.24, 2.45) is 5.92 Å². The van der Waals surface area contributed by atoms with Gasteiger partial charge in [0.25, 0.3) is 0 Å². The third-order valence-electron chi connectivity index (χ3n) is 3.39. The fraction of sp³-hybridized carbons (Fsp3) is 0.571. The van der Waals surface area contributed by atoms with Crippen molar-refractivity contribution in [1.82, 2.24) is 10.2 Å². The van der Waals surface area contributed by atoms with Crippen molar-refractivity contribution in [2.75, 3.05) is 20.6 Å². The van der Waals surface area contributed by atoms with E-state index in [0.29, 0.717) is 24.1 Å². The van der Waals surface area contributed by atoms with Gasteiger partial charge in [-0.15, -0.1) is 0 Å². The van der Waals surface area contributed by atoms with Gasteiger partial charge in [-0.25, -0.2) is 4.79 Å². The van der Waals surface area contributed by atoms with E-state index in [1.54, 1.807) is 24.8 Å². The third kappa shape index (κ3) is 3.67. The summed E-state index contributed by atoms with van der Waals surface area (Å²) in [5.74, 6) is -0.752. The Bertz CT molecular complexity index is 413. The van der Waals surface area contributed by atoms with Crippen LogP contribution in [-0.2, 0) is 14.3 Å². The fourth-order valence-electron chi connectivity index (χ4n) is 1.91. The lowest BCUT2D eigenvalue weighted by Gasteiger charge is -2.21. The lowest BCUT2D eigenvalue weighted by molar-refractivity contribution is -0.150. The van der Waals surface area contributed by atoms with E-state index in [0.717, 1.165) is 0 Å². The van der Waals surface area contributed by atoms with E-state index >= 15 is 0 Å². The molecule has 1 rings (SSSR count). The molecule has 0 aromatic rings. The summed E-state index contributed by atoms with van der Waals surface area (Å²) >= 11 is 0. The van der Waals surface area contributed by atoms with Crippen LogP contribution >= 0.6 is 0 Å². The summed E-state index contributed by atoms with van der Waals surface area (Å²) in [7, 11) is 3.66. The molecule has 1 saturated heterocycles. The first-order chi connectivity index (χ1) is 8.88. The quantitative estimate of drug-likeness (QED) is 0.350. The number of allylic oxidation sites excluding steroid dienone is 1. The number of esters is 1. The largest absolute Gasteiger partial charge is 0.443 e. The van der Waals surface area contributed by atoms with Gasteiger partial charge in [-0.05, 0) is 39.9 Å². The smallest absolute Gasteiger partial charge is 0.335 e. The van der Waals surface area contributed by atoms with Crippen LogP contribution in [0, 0.1) is 5.92 Å². The van der Waals surface area contributed by atoms with E-state index in [1.165, 1.54) is 0 Å². The van der Waals surface area contributed by atoms with E-state index in [2.05, 4.69) is 11.9 Å². The average Bonchev–Trinajstić information content (AvgIpc) is 2.76. The summed E-state index contributed by atoms with van der Waals surface area (Å²) < 4.78 is 5.30. The number of carbonyl (C=O) groups excluding carboxylic acids is 2. The summed E-state index contributed by atoms with van der Waals surface area (Å²) in [4.78, 5) is 25.5. The Balaban J connectivity index is 2.88. The maximum atomic E-state index is 12.0. The van der Waals surface area contributed by atoms with Crippen LogP contribution in [0.2, 0.25) is 0 Å². The lowest BCUT2D eigenvalue weighted by atomic mass is 9.93. The predicted octanol–water partition coefficient (Wildman–Crippen LogP) is 1.08. The van der Waals surface area contributed by atoms with Crippen LogP contribution in [0.25, 0.3) is 0 Å². The van der Waals surface area contributed by atoms with Gasteiger partial charge >= 0.3 is 5.97 Å². The van der Waals surface area contributed by atoms with Gasteiger partial charge in [-0.3, -0.25) is 9.69 Å². The van der Waals surface area contributed by atoms with Gasteiger partial charge in [0.05, 0.1) is 5.92 Å². The molecule has 0 bridgehead atoms. The van der Waals surface area contributed by atoms with Gasteiger partial charge in [-0.2, -0.15) is 0 Å². The predicted molar refractivity (Wildman–Crippen MR) is 73.3 cm³/mol. The molecule has 106 valence electrons. The lowest BCUT2D eigenvalue weighted by Crippen LogP contribution is -2.30. The maximum absolute atomic E-state index is 12.0. The zero-order valence-corrected chi connectivity index (χ0v) is 12.0. The minimum atomic E-state index is -0.407. The highest BCUT2D eigenvalue weighted by molar-refractivity contribution is 5.93. The second-order valence-electron chi connectivity index (χ2n) is 4.88. The highest BCUT2D eigenvalue weighted by atomic mass is 16.6. The topological polar surface area (TPSA) is 58.6 Å². The molecule has 1 N–H and O–H groups in total. The van der Waals surface area contributed by atoms with Gasteiger partial charge < -0.3 is 10.1 Å². The Labute approximate surface area is 114 Å². The van der Waals surface area contributed by atoms with Crippen LogP contribution in [0.4, 0.5) is 0 Å². The molecule has 5 heteroatoms. The number of ether oxygens (including phenoxy) is 1. The van der Waals surface area contributed by atoms with E-state index in [-0.39, 0.29) is 18.1 Å². The Kier molecular flexibility index (Phi) is 5.30. The van der Waals surface area contributed by atoms with Gasteiger partial charge in [0.1, 0.15) is 0 Å². The molecule has 1 aliphatic rings. The zero-order chi connectivity index (χ0) is 14.6. The first kappa shape index (κ1) is 15.4.